The van der Waals surface area contributed by atoms with Gasteiger partial charge < -0.3 is 17.1 Å². The van der Waals surface area contributed by atoms with Crippen molar-refractivity contribution in [3.8, 4) is 11.8 Å². The first kappa shape index (κ1) is 20.3. The highest BCUT2D eigenvalue weighted by molar-refractivity contribution is 5.30. The highest BCUT2D eigenvalue weighted by Crippen LogP contribution is 2.25. The SMILES string of the molecule is CCN(CC)CC#CCOC(c1ccccc1)c1ccccc1.[Cl-]. The van der Waals surface area contributed by atoms with Gasteiger partial charge in [-0.15, -0.1) is 0 Å². The molecule has 0 N–H and O–H groups in total. The van der Waals surface area contributed by atoms with Gasteiger partial charge in [0.25, 0.3) is 0 Å². The number of ether oxygens (including phenoxy) is 1. The minimum absolute atomic E-state index is 0. The van der Waals surface area contributed by atoms with Crippen LogP contribution in [-0.2, 0) is 4.74 Å². The molecule has 0 fully saturated rings. The third kappa shape index (κ3) is 6.37. The highest BCUT2D eigenvalue weighted by atomic mass is 35.5. The maximum absolute atomic E-state index is 6.07. The molecule has 0 bridgehead atoms. The maximum Gasteiger partial charge on any atom is 0.109 e. The monoisotopic (exact) mass is 342 g/mol. The van der Waals surface area contributed by atoms with Gasteiger partial charge in [0, 0.05) is 0 Å². The van der Waals surface area contributed by atoms with Crippen LogP contribution in [0.15, 0.2) is 60.7 Å². The molecule has 0 saturated carbocycles. The molecule has 2 aromatic carbocycles. The van der Waals surface area contributed by atoms with Gasteiger partial charge in [0.15, 0.2) is 0 Å². The lowest BCUT2D eigenvalue weighted by Gasteiger charge is -2.17. The van der Waals surface area contributed by atoms with E-state index in [9.17, 15) is 0 Å². The Bertz CT molecular complexity index is 575. The molecule has 0 saturated heterocycles. The number of hydrogen-bond acceptors (Lipinski definition) is 2. The molecule has 0 radical (unpaired) electrons. The van der Waals surface area contributed by atoms with Gasteiger partial charge in [-0.1, -0.05) is 86.4 Å². The summed E-state index contributed by atoms with van der Waals surface area (Å²) < 4.78 is 6.07. The summed E-state index contributed by atoms with van der Waals surface area (Å²) in [6.45, 7) is 7.61. The zero-order valence-corrected chi connectivity index (χ0v) is 15.2. The first-order chi connectivity index (χ1) is 11.3. The normalized spacial score (nSPS) is 10.2. The topological polar surface area (TPSA) is 12.5 Å². The molecule has 0 aliphatic rings. The minimum Gasteiger partial charge on any atom is -1.00 e. The molecule has 0 heterocycles. The molecule has 0 aliphatic carbocycles. The second kappa shape index (κ2) is 11.7. The van der Waals surface area contributed by atoms with Gasteiger partial charge in [0.1, 0.15) is 12.7 Å². The zero-order chi connectivity index (χ0) is 16.3. The van der Waals surface area contributed by atoms with Gasteiger partial charge in [-0.3, -0.25) is 4.90 Å². The Balaban J connectivity index is 0.00000288. The van der Waals surface area contributed by atoms with Crippen LogP contribution in [0.25, 0.3) is 0 Å². The molecular weight excluding hydrogens is 318 g/mol. The van der Waals surface area contributed by atoms with E-state index in [4.69, 9.17) is 4.74 Å². The smallest absolute Gasteiger partial charge is 0.109 e. The van der Waals surface area contributed by atoms with Crippen LogP contribution in [0.2, 0.25) is 0 Å². The third-order valence-corrected chi connectivity index (χ3v) is 3.85. The standard InChI is InChI=1S/C21H25NO.ClH/c1-3-22(4-2)17-11-12-18-23-21(19-13-7-5-8-14-19)20-15-9-6-10-16-20;/h5-10,13-16,21H,3-4,17-18H2,1-2H3;1H/p-1. The molecular formula is C21H25ClNO-. The first-order valence-electron chi connectivity index (χ1n) is 8.24. The molecule has 0 spiro atoms. The molecule has 24 heavy (non-hydrogen) atoms. The molecule has 0 aliphatic heterocycles. The van der Waals surface area contributed by atoms with E-state index in [0.717, 1.165) is 30.8 Å². The van der Waals surface area contributed by atoms with Gasteiger partial charge in [0.05, 0.1) is 6.54 Å². The van der Waals surface area contributed by atoms with Crippen LogP contribution < -0.4 is 12.4 Å². The summed E-state index contributed by atoms with van der Waals surface area (Å²) >= 11 is 0. The van der Waals surface area contributed by atoms with E-state index in [0.29, 0.717) is 6.61 Å². The highest BCUT2D eigenvalue weighted by Gasteiger charge is 2.13. The Kier molecular flexibility index (Phi) is 9.88. The van der Waals surface area contributed by atoms with Crippen LogP contribution >= 0.6 is 0 Å². The molecule has 128 valence electrons. The van der Waals surface area contributed by atoms with Crippen molar-refractivity contribution < 1.29 is 17.1 Å². The molecule has 0 amide bonds. The van der Waals surface area contributed by atoms with Crippen LogP contribution in [0.5, 0.6) is 0 Å². The maximum atomic E-state index is 6.07. The predicted octanol–water partition coefficient (Wildman–Crippen LogP) is 1.14. The lowest BCUT2D eigenvalue weighted by Crippen LogP contribution is -3.00. The Morgan fingerprint density at radius 2 is 1.33 bits per heavy atom. The number of nitrogens with zero attached hydrogens (tertiary/aromatic N) is 1. The van der Waals surface area contributed by atoms with Gasteiger partial charge >= 0.3 is 0 Å². The van der Waals surface area contributed by atoms with Gasteiger partial charge in [-0.2, -0.15) is 0 Å². The van der Waals surface area contributed by atoms with E-state index < -0.39 is 0 Å². The molecule has 0 unspecified atom stereocenters. The second-order valence-electron chi connectivity index (χ2n) is 5.33. The second-order valence-corrected chi connectivity index (χ2v) is 5.33. The van der Waals surface area contributed by atoms with Crippen molar-refractivity contribution in [2.75, 3.05) is 26.2 Å². The van der Waals surface area contributed by atoms with Crippen LogP contribution in [-0.4, -0.2) is 31.1 Å². The fourth-order valence-corrected chi connectivity index (χ4v) is 2.43. The van der Waals surface area contributed by atoms with Gasteiger partial charge in [0.2, 0.25) is 0 Å². The van der Waals surface area contributed by atoms with Crippen LogP contribution in [0.4, 0.5) is 0 Å². The molecule has 2 aromatic rings. The van der Waals surface area contributed by atoms with Gasteiger partial charge in [-0.25, -0.2) is 0 Å². The summed E-state index contributed by atoms with van der Waals surface area (Å²) in [6, 6.07) is 20.6. The lowest BCUT2D eigenvalue weighted by molar-refractivity contribution is -0.00000548. The molecule has 2 nitrogen and oxygen atoms in total. The summed E-state index contributed by atoms with van der Waals surface area (Å²) in [7, 11) is 0. The molecule has 0 atom stereocenters. The van der Waals surface area contributed by atoms with Gasteiger partial charge in [-0.05, 0) is 24.2 Å². The Labute approximate surface area is 152 Å². The van der Waals surface area contributed by atoms with E-state index in [2.05, 4.69) is 54.9 Å². The third-order valence-electron chi connectivity index (χ3n) is 3.85. The summed E-state index contributed by atoms with van der Waals surface area (Å²) in [5.41, 5.74) is 2.31. The van der Waals surface area contributed by atoms with Crippen molar-refractivity contribution in [1.82, 2.24) is 4.90 Å². The average molecular weight is 343 g/mol. The van der Waals surface area contributed by atoms with E-state index >= 15 is 0 Å². The quantitative estimate of drug-likeness (QED) is 0.700. The Morgan fingerprint density at radius 3 is 1.79 bits per heavy atom. The Morgan fingerprint density at radius 1 is 0.833 bits per heavy atom. The van der Waals surface area contributed by atoms with Crippen molar-refractivity contribution in [3.05, 3.63) is 71.8 Å². The fourth-order valence-electron chi connectivity index (χ4n) is 2.43. The number of benzene rings is 2. The summed E-state index contributed by atoms with van der Waals surface area (Å²) in [4.78, 5) is 2.29. The van der Waals surface area contributed by atoms with Crippen LogP contribution in [0, 0.1) is 11.8 Å². The molecule has 3 heteroatoms. The van der Waals surface area contributed by atoms with Crippen molar-refractivity contribution in [2.45, 2.75) is 20.0 Å². The van der Waals surface area contributed by atoms with Crippen molar-refractivity contribution in [2.24, 2.45) is 0 Å². The summed E-state index contributed by atoms with van der Waals surface area (Å²) in [6.07, 6.45) is -0.0693. The van der Waals surface area contributed by atoms with E-state index in [-0.39, 0.29) is 18.5 Å². The Hall–Kier alpha value is -1.79. The van der Waals surface area contributed by atoms with Crippen molar-refractivity contribution in [3.63, 3.8) is 0 Å². The summed E-state index contributed by atoms with van der Waals surface area (Å²) in [5, 5.41) is 0. The fraction of sp³-hybridized carbons (Fsp3) is 0.333. The largest absolute Gasteiger partial charge is 1.00 e. The number of hydrogen-bond donors (Lipinski definition) is 0. The predicted molar refractivity (Wildman–Crippen MR) is 96.2 cm³/mol. The molecule has 0 aromatic heterocycles. The lowest BCUT2D eigenvalue weighted by atomic mass is 10.0. The molecule has 2 rings (SSSR count). The van der Waals surface area contributed by atoms with E-state index in [1.54, 1.807) is 0 Å². The van der Waals surface area contributed by atoms with E-state index in [1.807, 2.05) is 36.4 Å². The van der Waals surface area contributed by atoms with E-state index in [1.165, 1.54) is 0 Å². The van der Waals surface area contributed by atoms with Crippen molar-refractivity contribution in [1.29, 1.82) is 0 Å². The minimum atomic E-state index is -0.0693. The summed E-state index contributed by atoms with van der Waals surface area (Å²) in [5.74, 6) is 6.34. The average Bonchev–Trinajstić information content (AvgIpc) is 2.63. The number of halogens is 1. The zero-order valence-electron chi connectivity index (χ0n) is 14.4. The van der Waals surface area contributed by atoms with Crippen LogP contribution in [0.1, 0.15) is 31.1 Å². The number of rotatable bonds is 7. The van der Waals surface area contributed by atoms with Crippen molar-refractivity contribution >= 4 is 0 Å². The first-order valence-corrected chi connectivity index (χ1v) is 8.24. The van der Waals surface area contributed by atoms with Crippen LogP contribution in [0.3, 0.4) is 0 Å².